The van der Waals surface area contributed by atoms with Crippen molar-refractivity contribution in [2.75, 3.05) is 0 Å². The van der Waals surface area contributed by atoms with E-state index in [2.05, 4.69) is 22.3 Å². The summed E-state index contributed by atoms with van der Waals surface area (Å²) in [6.45, 7) is 2.17. The lowest BCUT2D eigenvalue weighted by atomic mass is 9.84. The van der Waals surface area contributed by atoms with E-state index in [0.717, 1.165) is 22.4 Å². The topological polar surface area (TPSA) is 121 Å². The monoisotopic (exact) mass is 383 g/mol. The van der Waals surface area contributed by atoms with Crippen LogP contribution in [-0.4, -0.2) is 10.2 Å². The summed E-state index contributed by atoms with van der Waals surface area (Å²) < 4.78 is 11.3. The molecule has 4 rings (SSSR count). The summed E-state index contributed by atoms with van der Waals surface area (Å²) in [5.41, 5.74) is 10.2. The van der Waals surface area contributed by atoms with Crippen molar-refractivity contribution in [2.45, 2.75) is 19.4 Å². The van der Waals surface area contributed by atoms with Gasteiger partial charge in [-0.2, -0.15) is 10.5 Å². The molecule has 29 heavy (non-hydrogen) atoms. The molecule has 0 amide bonds. The molecule has 1 aliphatic rings. The van der Waals surface area contributed by atoms with Gasteiger partial charge >= 0.3 is 0 Å². The lowest BCUT2D eigenvalue weighted by Gasteiger charge is -2.23. The van der Waals surface area contributed by atoms with E-state index in [1.54, 1.807) is 6.07 Å². The third-order valence-electron chi connectivity index (χ3n) is 4.88. The van der Waals surface area contributed by atoms with Gasteiger partial charge in [-0.1, -0.05) is 30.3 Å². The molecular weight excluding hydrogens is 366 g/mol. The van der Waals surface area contributed by atoms with Gasteiger partial charge in [-0.25, -0.2) is 0 Å². The first-order chi connectivity index (χ1) is 14.1. The minimum Gasteiger partial charge on any atom is -0.489 e. The van der Waals surface area contributed by atoms with Crippen molar-refractivity contribution in [3.05, 3.63) is 87.9 Å². The predicted octanol–water partition coefficient (Wildman–Crippen LogP) is 3.39. The number of aromatic amines is 1. The van der Waals surface area contributed by atoms with Gasteiger partial charge in [-0.05, 0) is 30.7 Å². The predicted molar refractivity (Wildman–Crippen MR) is 105 cm³/mol. The molecule has 0 aliphatic carbocycles. The molecule has 1 aliphatic heterocycles. The number of hydrogen-bond acceptors (Lipinski definition) is 6. The Morgan fingerprint density at radius 2 is 1.90 bits per heavy atom. The lowest BCUT2D eigenvalue weighted by Crippen LogP contribution is -2.21. The number of aromatic nitrogens is 2. The number of nitrogens with two attached hydrogens (primary N) is 1. The molecule has 2 aromatic carbocycles. The minimum absolute atomic E-state index is 0.0601. The van der Waals surface area contributed by atoms with E-state index in [0.29, 0.717) is 29.4 Å². The fourth-order valence-electron chi connectivity index (χ4n) is 3.40. The summed E-state index contributed by atoms with van der Waals surface area (Å²) in [7, 11) is 0. The maximum Gasteiger partial charge on any atom is 0.244 e. The third-order valence-corrected chi connectivity index (χ3v) is 4.88. The highest BCUT2D eigenvalue weighted by atomic mass is 16.5. The standard InChI is InChI=1S/C22H17N5O2/c1-13-19-20(18(11-24)21(25)29-22(19)27-26-13)14-6-8-17(9-7-14)28-12-16-5-3-2-4-15(16)10-23/h2-9,20H,12,25H2,1H3,(H,26,27)/t20-/m0/s1. The van der Waals surface area contributed by atoms with E-state index in [9.17, 15) is 10.5 Å². The number of H-pyrrole nitrogens is 1. The molecule has 3 aromatic rings. The number of nitrogens with zero attached hydrogens (tertiary/aromatic N) is 3. The van der Waals surface area contributed by atoms with Gasteiger partial charge in [0.25, 0.3) is 0 Å². The Morgan fingerprint density at radius 3 is 2.62 bits per heavy atom. The van der Waals surface area contributed by atoms with Crippen molar-refractivity contribution in [3.8, 4) is 23.8 Å². The average molecular weight is 383 g/mol. The van der Waals surface area contributed by atoms with E-state index in [1.165, 1.54) is 0 Å². The third kappa shape index (κ3) is 3.26. The Morgan fingerprint density at radius 1 is 1.14 bits per heavy atom. The second-order valence-electron chi connectivity index (χ2n) is 6.62. The molecule has 0 spiro atoms. The van der Waals surface area contributed by atoms with Crippen LogP contribution in [0.25, 0.3) is 0 Å². The van der Waals surface area contributed by atoms with Crippen molar-refractivity contribution < 1.29 is 9.47 Å². The first-order valence-corrected chi connectivity index (χ1v) is 8.95. The average Bonchev–Trinajstić information content (AvgIpc) is 3.12. The Labute approximate surface area is 167 Å². The SMILES string of the molecule is Cc1[nH]nc2c1[C@@H](c1ccc(OCc3ccccc3C#N)cc1)C(C#N)=C(N)O2. The Kier molecular flexibility index (Phi) is 4.64. The van der Waals surface area contributed by atoms with Crippen LogP contribution >= 0.6 is 0 Å². The van der Waals surface area contributed by atoms with Gasteiger partial charge in [0.15, 0.2) is 0 Å². The lowest BCUT2D eigenvalue weighted by molar-refractivity contribution is 0.306. The van der Waals surface area contributed by atoms with Crippen LogP contribution in [0, 0.1) is 29.6 Å². The number of allylic oxidation sites excluding steroid dienone is 1. The highest BCUT2D eigenvalue weighted by Crippen LogP contribution is 2.42. The van der Waals surface area contributed by atoms with Crippen LogP contribution in [0.4, 0.5) is 0 Å². The second-order valence-corrected chi connectivity index (χ2v) is 6.62. The largest absolute Gasteiger partial charge is 0.489 e. The molecule has 0 saturated heterocycles. The molecule has 0 fully saturated rings. The van der Waals surface area contributed by atoms with Gasteiger partial charge in [-0.3, -0.25) is 5.10 Å². The molecule has 0 bridgehead atoms. The van der Waals surface area contributed by atoms with Crippen LogP contribution < -0.4 is 15.2 Å². The minimum atomic E-state index is -0.365. The number of aryl methyl sites for hydroxylation is 1. The molecule has 7 nitrogen and oxygen atoms in total. The fourth-order valence-corrected chi connectivity index (χ4v) is 3.40. The summed E-state index contributed by atoms with van der Waals surface area (Å²) >= 11 is 0. The smallest absolute Gasteiger partial charge is 0.244 e. The molecule has 3 N–H and O–H groups in total. The van der Waals surface area contributed by atoms with Crippen molar-refractivity contribution in [1.29, 1.82) is 10.5 Å². The van der Waals surface area contributed by atoms with E-state index < -0.39 is 0 Å². The molecule has 7 heteroatoms. The number of nitriles is 2. The number of fused-ring (bicyclic) bond motifs is 1. The van der Waals surface area contributed by atoms with Gasteiger partial charge in [-0.15, -0.1) is 5.10 Å². The number of benzene rings is 2. The molecule has 2 heterocycles. The first kappa shape index (κ1) is 18.1. The van der Waals surface area contributed by atoms with E-state index in [1.807, 2.05) is 49.4 Å². The number of ether oxygens (including phenoxy) is 2. The van der Waals surface area contributed by atoms with Crippen LogP contribution in [0.3, 0.4) is 0 Å². The van der Waals surface area contributed by atoms with Crippen LogP contribution in [0.5, 0.6) is 11.6 Å². The molecular formula is C22H17N5O2. The van der Waals surface area contributed by atoms with E-state index >= 15 is 0 Å². The number of hydrogen-bond donors (Lipinski definition) is 2. The zero-order valence-electron chi connectivity index (χ0n) is 15.6. The van der Waals surface area contributed by atoms with Gasteiger partial charge < -0.3 is 15.2 Å². The van der Waals surface area contributed by atoms with Crippen molar-refractivity contribution >= 4 is 0 Å². The summed E-state index contributed by atoms with van der Waals surface area (Å²) in [6, 6.07) is 19.1. The molecule has 0 radical (unpaired) electrons. The van der Waals surface area contributed by atoms with Crippen LogP contribution in [0.15, 0.2) is 60.0 Å². The summed E-state index contributed by atoms with van der Waals surface area (Å²) in [4.78, 5) is 0. The molecule has 0 saturated carbocycles. The molecule has 0 unspecified atom stereocenters. The van der Waals surface area contributed by atoms with Crippen LogP contribution in [0.1, 0.15) is 33.9 Å². The van der Waals surface area contributed by atoms with E-state index in [4.69, 9.17) is 15.2 Å². The van der Waals surface area contributed by atoms with Gasteiger partial charge in [0.2, 0.25) is 11.8 Å². The summed E-state index contributed by atoms with van der Waals surface area (Å²) in [6.07, 6.45) is 0. The van der Waals surface area contributed by atoms with Crippen LogP contribution in [0.2, 0.25) is 0 Å². The Hall–Kier alpha value is -4.23. The van der Waals surface area contributed by atoms with E-state index in [-0.39, 0.29) is 11.8 Å². The quantitative estimate of drug-likeness (QED) is 0.712. The summed E-state index contributed by atoms with van der Waals surface area (Å²) in [5, 5.41) is 25.8. The molecule has 1 aromatic heterocycles. The number of nitrogens with one attached hydrogen (secondary N) is 1. The fraction of sp³-hybridized carbons (Fsp3) is 0.136. The van der Waals surface area contributed by atoms with Gasteiger partial charge in [0.05, 0.1) is 17.6 Å². The zero-order chi connectivity index (χ0) is 20.4. The highest BCUT2D eigenvalue weighted by Gasteiger charge is 2.34. The molecule has 1 atom stereocenters. The van der Waals surface area contributed by atoms with Gasteiger partial charge in [0, 0.05) is 16.8 Å². The van der Waals surface area contributed by atoms with Crippen LogP contribution in [-0.2, 0) is 6.61 Å². The zero-order valence-corrected chi connectivity index (χ0v) is 15.6. The maximum atomic E-state index is 9.61. The Balaban J connectivity index is 1.60. The van der Waals surface area contributed by atoms with Crippen molar-refractivity contribution in [2.24, 2.45) is 5.73 Å². The van der Waals surface area contributed by atoms with Crippen molar-refractivity contribution in [3.63, 3.8) is 0 Å². The normalized spacial score (nSPS) is 15.1. The second kappa shape index (κ2) is 7.41. The molecule has 142 valence electrons. The van der Waals surface area contributed by atoms with Gasteiger partial charge in [0.1, 0.15) is 24.0 Å². The number of rotatable bonds is 4. The maximum absolute atomic E-state index is 9.61. The first-order valence-electron chi connectivity index (χ1n) is 8.95. The van der Waals surface area contributed by atoms with Crippen molar-refractivity contribution in [1.82, 2.24) is 10.2 Å². The Bertz CT molecular complexity index is 1180. The summed E-state index contributed by atoms with van der Waals surface area (Å²) in [5.74, 6) is 0.742. The highest BCUT2D eigenvalue weighted by molar-refractivity contribution is 5.55.